The van der Waals surface area contributed by atoms with Gasteiger partial charge in [0.05, 0.1) is 5.52 Å². The first-order valence-corrected chi connectivity index (χ1v) is 4.37. The molecule has 1 aromatic heterocycles. The minimum Gasteiger partial charge on any atom is -0.384 e. The lowest BCUT2D eigenvalue weighted by molar-refractivity contribution is 1.41. The van der Waals surface area contributed by atoms with E-state index in [0.29, 0.717) is 5.82 Å². The summed E-state index contributed by atoms with van der Waals surface area (Å²) in [7, 11) is 0. The fraction of sp³-hybridized carbons (Fsp3) is 0. The molecule has 0 amide bonds. The zero-order valence-corrected chi connectivity index (χ0v) is 9.10. The second-order valence-electron chi connectivity index (χ2n) is 2.57. The molecule has 0 aliphatic rings. The molecule has 2 aromatic rings. The molecule has 0 spiro atoms. The van der Waals surface area contributed by atoms with E-state index in [-0.39, 0.29) is 12.4 Å². The monoisotopic (exact) mass is 258 g/mol. The van der Waals surface area contributed by atoms with Gasteiger partial charge in [0.15, 0.2) is 0 Å². The van der Waals surface area contributed by atoms with Crippen LogP contribution in [0.25, 0.3) is 10.9 Å². The number of fused-ring (bicyclic) bond motifs is 1. The number of anilines is 1. The van der Waals surface area contributed by atoms with Crippen LogP contribution in [0.15, 0.2) is 34.8 Å². The van der Waals surface area contributed by atoms with Crippen molar-refractivity contribution in [2.24, 2.45) is 0 Å². The number of halogens is 2. The molecule has 2 N–H and O–H groups in total. The minimum atomic E-state index is 0. The first-order chi connectivity index (χ1) is 5.75. The van der Waals surface area contributed by atoms with Gasteiger partial charge in [0.25, 0.3) is 0 Å². The predicted octanol–water partition coefficient (Wildman–Crippen LogP) is 3.00. The maximum Gasteiger partial charge on any atom is 0.124 e. The van der Waals surface area contributed by atoms with Gasteiger partial charge in [0.2, 0.25) is 0 Å². The third kappa shape index (κ3) is 2.11. The largest absolute Gasteiger partial charge is 0.384 e. The highest BCUT2D eigenvalue weighted by molar-refractivity contribution is 9.10. The second kappa shape index (κ2) is 3.94. The van der Waals surface area contributed by atoms with Crippen molar-refractivity contribution in [3.63, 3.8) is 0 Å². The van der Waals surface area contributed by atoms with Crippen molar-refractivity contribution in [3.05, 3.63) is 34.8 Å². The van der Waals surface area contributed by atoms with Gasteiger partial charge in [-0.2, -0.15) is 0 Å². The molecule has 2 rings (SSSR count). The van der Waals surface area contributed by atoms with E-state index in [1.54, 1.807) is 6.07 Å². The van der Waals surface area contributed by atoms with Crippen molar-refractivity contribution in [1.29, 1.82) is 0 Å². The van der Waals surface area contributed by atoms with Gasteiger partial charge in [-0.1, -0.05) is 15.9 Å². The third-order valence-electron chi connectivity index (χ3n) is 1.67. The molecule has 0 fully saturated rings. The molecule has 68 valence electrons. The number of hydrogen-bond acceptors (Lipinski definition) is 2. The van der Waals surface area contributed by atoms with Crippen LogP contribution in [0.5, 0.6) is 0 Å². The van der Waals surface area contributed by atoms with Crippen molar-refractivity contribution in [1.82, 2.24) is 4.98 Å². The molecule has 0 aliphatic carbocycles. The second-order valence-corrected chi connectivity index (χ2v) is 3.49. The van der Waals surface area contributed by atoms with Crippen LogP contribution in [-0.4, -0.2) is 4.98 Å². The van der Waals surface area contributed by atoms with Crippen LogP contribution in [0.4, 0.5) is 5.82 Å². The number of pyridine rings is 1. The highest BCUT2D eigenvalue weighted by Crippen LogP contribution is 2.18. The smallest absolute Gasteiger partial charge is 0.124 e. The Balaban J connectivity index is 0.000000845. The first kappa shape index (κ1) is 10.3. The number of nitrogen functional groups attached to an aromatic ring is 1. The van der Waals surface area contributed by atoms with Crippen LogP contribution < -0.4 is 5.73 Å². The summed E-state index contributed by atoms with van der Waals surface area (Å²) in [5, 5.41) is 1.10. The van der Waals surface area contributed by atoms with E-state index >= 15 is 0 Å². The molecule has 1 heterocycles. The lowest BCUT2D eigenvalue weighted by Gasteiger charge is -1.98. The Morgan fingerprint density at radius 2 is 1.92 bits per heavy atom. The van der Waals surface area contributed by atoms with Crippen molar-refractivity contribution < 1.29 is 0 Å². The fourth-order valence-corrected chi connectivity index (χ4v) is 1.49. The highest BCUT2D eigenvalue weighted by atomic mass is 79.9. The van der Waals surface area contributed by atoms with Gasteiger partial charge in [-0.3, -0.25) is 0 Å². The molecule has 0 atom stereocenters. The average molecular weight is 260 g/mol. The summed E-state index contributed by atoms with van der Waals surface area (Å²) in [4.78, 5) is 4.17. The Labute approximate surface area is 90.7 Å². The molecule has 0 aliphatic heterocycles. The number of hydrogen-bond donors (Lipinski definition) is 1. The number of aromatic nitrogens is 1. The van der Waals surface area contributed by atoms with Crippen LogP contribution in [0.1, 0.15) is 0 Å². The summed E-state index contributed by atoms with van der Waals surface area (Å²) in [6.07, 6.45) is 0. The standard InChI is InChI=1S/C9H7BrN2.ClH/c10-7-2-3-8-6(5-7)1-4-9(11)12-8;/h1-5H,(H2,11,12);1H. The maximum atomic E-state index is 5.54. The summed E-state index contributed by atoms with van der Waals surface area (Å²) in [5.41, 5.74) is 6.47. The maximum absolute atomic E-state index is 5.54. The van der Waals surface area contributed by atoms with Gasteiger partial charge in [-0.05, 0) is 30.3 Å². The Kier molecular flexibility index (Phi) is 3.12. The van der Waals surface area contributed by atoms with E-state index in [4.69, 9.17) is 5.73 Å². The van der Waals surface area contributed by atoms with E-state index in [9.17, 15) is 0 Å². The van der Waals surface area contributed by atoms with E-state index in [1.165, 1.54) is 0 Å². The predicted molar refractivity (Wildman–Crippen MR) is 61.1 cm³/mol. The quantitative estimate of drug-likeness (QED) is 0.790. The van der Waals surface area contributed by atoms with E-state index < -0.39 is 0 Å². The Morgan fingerprint density at radius 3 is 2.69 bits per heavy atom. The van der Waals surface area contributed by atoms with Crippen LogP contribution in [0.3, 0.4) is 0 Å². The summed E-state index contributed by atoms with van der Waals surface area (Å²) in [6.45, 7) is 0. The molecule has 2 nitrogen and oxygen atoms in total. The third-order valence-corrected chi connectivity index (χ3v) is 2.17. The summed E-state index contributed by atoms with van der Waals surface area (Å²) < 4.78 is 1.06. The molecule has 1 aromatic carbocycles. The molecule has 0 saturated carbocycles. The fourth-order valence-electron chi connectivity index (χ4n) is 1.11. The Morgan fingerprint density at radius 1 is 1.15 bits per heavy atom. The molecule has 0 unspecified atom stereocenters. The van der Waals surface area contributed by atoms with Crippen molar-refractivity contribution >= 4 is 45.1 Å². The van der Waals surface area contributed by atoms with Crippen LogP contribution in [0, 0.1) is 0 Å². The molecular formula is C9H8BrClN2. The lowest BCUT2D eigenvalue weighted by atomic mass is 10.2. The normalized spacial score (nSPS) is 9.62. The van der Waals surface area contributed by atoms with Gasteiger partial charge in [-0.25, -0.2) is 4.98 Å². The van der Waals surface area contributed by atoms with Crippen molar-refractivity contribution in [2.45, 2.75) is 0 Å². The molecular weight excluding hydrogens is 251 g/mol. The Hall–Kier alpha value is -0.800. The molecule has 0 saturated heterocycles. The zero-order valence-electron chi connectivity index (χ0n) is 6.70. The van der Waals surface area contributed by atoms with Crippen molar-refractivity contribution in [3.8, 4) is 0 Å². The number of nitrogens with zero attached hydrogens (tertiary/aromatic N) is 1. The van der Waals surface area contributed by atoms with Crippen LogP contribution in [0.2, 0.25) is 0 Å². The number of nitrogens with two attached hydrogens (primary N) is 1. The topological polar surface area (TPSA) is 38.9 Å². The summed E-state index contributed by atoms with van der Waals surface area (Å²) in [6, 6.07) is 9.67. The molecule has 13 heavy (non-hydrogen) atoms. The average Bonchev–Trinajstić information content (AvgIpc) is 2.05. The van der Waals surface area contributed by atoms with Gasteiger partial charge in [0, 0.05) is 9.86 Å². The summed E-state index contributed by atoms with van der Waals surface area (Å²) >= 11 is 3.39. The van der Waals surface area contributed by atoms with Crippen molar-refractivity contribution in [2.75, 3.05) is 5.73 Å². The molecule has 0 radical (unpaired) electrons. The van der Waals surface area contributed by atoms with Gasteiger partial charge >= 0.3 is 0 Å². The van der Waals surface area contributed by atoms with Gasteiger partial charge < -0.3 is 5.73 Å². The van der Waals surface area contributed by atoms with Crippen LogP contribution in [-0.2, 0) is 0 Å². The molecule has 4 heteroatoms. The first-order valence-electron chi connectivity index (χ1n) is 3.57. The number of rotatable bonds is 0. The zero-order chi connectivity index (χ0) is 8.55. The lowest BCUT2D eigenvalue weighted by Crippen LogP contribution is -1.88. The van der Waals surface area contributed by atoms with Gasteiger partial charge in [0.1, 0.15) is 5.82 Å². The van der Waals surface area contributed by atoms with Gasteiger partial charge in [-0.15, -0.1) is 12.4 Å². The molecule has 0 bridgehead atoms. The minimum absolute atomic E-state index is 0. The van der Waals surface area contributed by atoms with E-state index in [0.717, 1.165) is 15.4 Å². The Bertz CT molecular complexity index is 390. The summed E-state index contributed by atoms with van der Waals surface area (Å²) in [5.74, 6) is 0.560. The van der Waals surface area contributed by atoms with E-state index in [1.807, 2.05) is 24.3 Å². The van der Waals surface area contributed by atoms with E-state index in [2.05, 4.69) is 20.9 Å². The van der Waals surface area contributed by atoms with Crippen LogP contribution >= 0.6 is 28.3 Å². The SMILES string of the molecule is Cl.Nc1ccc2cc(Br)ccc2n1. The number of benzene rings is 1. The highest BCUT2D eigenvalue weighted by Gasteiger charge is 1.95.